The van der Waals surface area contributed by atoms with Gasteiger partial charge in [-0.3, -0.25) is 4.79 Å². The zero-order valence-electron chi connectivity index (χ0n) is 8.78. The van der Waals surface area contributed by atoms with Gasteiger partial charge < -0.3 is 9.84 Å². The van der Waals surface area contributed by atoms with Crippen molar-refractivity contribution in [1.82, 2.24) is 0 Å². The summed E-state index contributed by atoms with van der Waals surface area (Å²) in [7, 11) is 0. The molecule has 3 nitrogen and oxygen atoms in total. The van der Waals surface area contributed by atoms with E-state index in [1.807, 2.05) is 24.3 Å². The van der Waals surface area contributed by atoms with Crippen LogP contribution in [0, 0.1) is 5.41 Å². The average molecular weight is 285 g/mol. The molecule has 0 amide bonds. The lowest BCUT2D eigenvalue weighted by Gasteiger charge is -2.10. The summed E-state index contributed by atoms with van der Waals surface area (Å²) in [5.41, 5.74) is -0.494. The lowest BCUT2D eigenvalue weighted by Crippen LogP contribution is -2.17. The first-order chi connectivity index (χ1) is 7.62. The summed E-state index contributed by atoms with van der Waals surface area (Å²) in [6, 6.07) is 7.56. The molecule has 0 aliphatic heterocycles. The maximum atomic E-state index is 10.9. The molecule has 0 saturated heterocycles. The van der Waals surface area contributed by atoms with Gasteiger partial charge in [-0.1, -0.05) is 22.0 Å². The van der Waals surface area contributed by atoms with Crippen LogP contribution in [-0.2, 0) is 4.79 Å². The van der Waals surface area contributed by atoms with E-state index in [-0.39, 0.29) is 0 Å². The van der Waals surface area contributed by atoms with Gasteiger partial charge in [0.1, 0.15) is 5.75 Å². The molecular formula is C12H13BrO3. The molecule has 86 valence electrons. The molecule has 2 rings (SSSR count). The Bertz CT molecular complexity index is 399. The van der Waals surface area contributed by atoms with Gasteiger partial charge in [-0.2, -0.15) is 0 Å². The minimum Gasteiger partial charge on any atom is -0.494 e. The number of carboxylic acids is 1. The fourth-order valence-electron chi connectivity index (χ4n) is 1.64. The molecule has 1 N–H and O–H groups in total. The standard InChI is InChI=1S/C12H13BrO3/c13-9-2-1-3-10(8-9)16-7-6-12(4-5-12)11(14)15/h1-3,8H,4-7H2,(H,14,15). The number of rotatable bonds is 5. The Labute approximate surface area is 103 Å². The van der Waals surface area contributed by atoms with Crippen molar-refractivity contribution >= 4 is 21.9 Å². The Kier molecular flexibility index (Phi) is 3.19. The van der Waals surface area contributed by atoms with Crippen molar-refractivity contribution in [3.63, 3.8) is 0 Å². The zero-order valence-corrected chi connectivity index (χ0v) is 10.4. The normalized spacial score (nSPS) is 16.8. The van der Waals surface area contributed by atoms with Crippen LogP contribution in [0.1, 0.15) is 19.3 Å². The minimum absolute atomic E-state index is 0.461. The SMILES string of the molecule is O=C(O)C1(CCOc2cccc(Br)c2)CC1. The maximum absolute atomic E-state index is 10.9. The highest BCUT2D eigenvalue weighted by Crippen LogP contribution is 2.48. The predicted molar refractivity (Wildman–Crippen MR) is 63.6 cm³/mol. The summed E-state index contributed by atoms with van der Waals surface area (Å²) in [6.45, 7) is 0.461. The van der Waals surface area contributed by atoms with E-state index >= 15 is 0 Å². The van der Waals surface area contributed by atoms with E-state index in [1.54, 1.807) is 0 Å². The zero-order chi connectivity index (χ0) is 11.6. The van der Waals surface area contributed by atoms with Crippen molar-refractivity contribution in [1.29, 1.82) is 0 Å². The second-order valence-electron chi connectivity index (χ2n) is 4.14. The van der Waals surface area contributed by atoms with Crippen molar-refractivity contribution in [2.75, 3.05) is 6.61 Å². The van der Waals surface area contributed by atoms with Crippen LogP contribution in [0.2, 0.25) is 0 Å². The average Bonchev–Trinajstić information content (AvgIpc) is 2.99. The highest BCUT2D eigenvalue weighted by atomic mass is 79.9. The minimum atomic E-state index is -0.689. The molecule has 1 aromatic rings. The molecule has 1 aliphatic rings. The molecule has 4 heteroatoms. The van der Waals surface area contributed by atoms with Crippen LogP contribution in [-0.4, -0.2) is 17.7 Å². The molecule has 0 unspecified atom stereocenters. The summed E-state index contributed by atoms with van der Waals surface area (Å²) in [4.78, 5) is 10.9. The van der Waals surface area contributed by atoms with E-state index < -0.39 is 11.4 Å². The number of carbonyl (C=O) groups is 1. The van der Waals surface area contributed by atoms with Gasteiger partial charge in [0, 0.05) is 4.47 Å². The first-order valence-corrected chi connectivity index (χ1v) is 6.03. The van der Waals surface area contributed by atoms with Crippen molar-refractivity contribution in [2.45, 2.75) is 19.3 Å². The molecular weight excluding hydrogens is 272 g/mol. The molecule has 0 bridgehead atoms. The Balaban J connectivity index is 1.83. The molecule has 0 heterocycles. The van der Waals surface area contributed by atoms with Gasteiger partial charge in [0.15, 0.2) is 0 Å². The highest BCUT2D eigenvalue weighted by molar-refractivity contribution is 9.10. The number of carboxylic acid groups (broad SMARTS) is 1. The van der Waals surface area contributed by atoms with Crippen LogP contribution in [0.4, 0.5) is 0 Å². The second-order valence-corrected chi connectivity index (χ2v) is 5.06. The van der Waals surface area contributed by atoms with Crippen molar-refractivity contribution in [3.05, 3.63) is 28.7 Å². The Morgan fingerprint density at radius 3 is 2.81 bits per heavy atom. The van der Waals surface area contributed by atoms with E-state index in [4.69, 9.17) is 9.84 Å². The number of hydrogen-bond acceptors (Lipinski definition) is 2. The lowest BCUT2D eigenvalue weighted by atomic mass is 10.0. The molecule has 1 aliphatic carbocycles. The quantitative estimate of drug-likeness (QED) is 0.904. The van der Waals surface area contributed by atoms with Crippen molar-refractivity contribution in [2.24, 2.45) is 5.41 Å². The molecule has 0 aromatic heterocycles. The number of hydrogen-bond donors (Lipinski definition) is 1. The van der Waals surface area contributed by atoms with Crippen molar-refractivity contribution in [3.8, 4) is 5.75 Å². The largest absolute Gasteiger partial charge is 0.494 e. The molecule has 16 heavy (non-hydrogen) atoms. The molecule has 1 saturated carbocycles. The molecule has 0 spiro atoms. The summed E-state index contributed by atoms with van der Waals surface area (Å²) >= 11 is 3.35. The fourth-order valence-corrected chi connectivity index (χ4v) is 2.02. The topological polar surface area (TPSA) is 46.5 Å². The highest BCUT2D eigenvalue weighted by Gasteiger charge is 2.49. The molecule has 0 radical (unpaired) electrons. The fraction of sp³-hybridized carbons (Fsp3) is 0.417. The second kappa shape index (κ2) is 4.45. The third-order valence-electron chi connectivity index (χ3n) is 2.95. The number of ether oxygens (including phenoxy) is 1. The smallest absolute Gasteiger partial charge is 0.309 e. The first-order valence-electron chi connectivity index (χ1n) is 5.24. The summed E-state index contributed by atoms with van der Waals surface area (Å²) < 4.78 is 6.48. The van der Waals surface area contributed by atoms with Crippen LogP contribution in [0.5, 0.6) is 5.75 Å². The third kappa shape index (κ3) is 2.55. The van der Waals surface area contributed by atoms with Crippen LogP contribution < -0.4 is 4.74 Å². The first kappa shape index (κ1) is 11.5. The summed E-state index contributed by atoms with van der Waals surface area (Å²) in [5.74, 6) is 0.0842. The number of aliphatic carboxylic acids is 1. The van der Waals surface area contributed by atoms with Gasteiger partial charge in [-0.15, -0.1) is 0 Å². The van der Waals surface area contributed by atoms with E-state index in [2.05, 4.69) is 15.9 Å². The monoisotopic (exact) mass is 284 g/mol. The van der Waals surface area contributed by atoms with Gasteiger partial charge in [0.2, 0.25) is 0 Å². The van der Waals surface area contributed by atoms with Gasteiger partial charge >= 0.3 is 5.97 Å². The van der Waals surface area contributed by atoms with Gasteiger partial charge in [-0.05, 0) is 37.5 Å². The van der Waals surface area contributed by atoms with Gasteiger partial charge in [-0.25, -0.2) is 0 Å². The Morgan fingerprint density at radius 2 is 2.25 bits per heavy atom. The van der Waals surface area contributed by atoms with E-state index in [1.165, 1.54) is 0 Å². The number of benzene rings is 1. The summed E-state index contributed by atoms with van der Waals surface area (Å²) in [6.07, 6.45) is 2.16. The maximum Gasteiger partial charge on any atom is 0.309 e. The van der Waals surface area contributed by atoms with E-state index in [0.717, 1.165) is 23.1 Å². The molecule has 0 atom stereocenters. The molecule has 1 fully saturated rings. The van der Waals surface area contributed by atoms with Crippen LogP contribution in [0.25, 0.3) is 0 Å². The van der Waals surface area contributed by atoms with Gasteiger partial charge in [0.05, 0.1) is 12.0 Å². The van der Waals surface area contributed by atoms with Gasteiger partial charge in [0.25, 0.3) is 0 Å². The van der Waals surface area contributed by atoms with E-state index in [0.29, 0.717) is 13.0 Å². The van der Waals surface area contributed by atoms with E-state index in [9.17, 15) is 4.79 Å². The van der Waals surface area contributed by atoms with Crippen LogP contribution in [0.3, 0.4) is 0 Å². The number of halogens is 1. The van der Waals surface area contributed by atoms with Crippen LogP contribution >= 0.6 is 15.9 Å². The van der Waals surface area contributed by atoms with Crippen LogP contribution in [0.15, 0.2) is 28.7 Å². The van der Waals surface area contributed by atoms with Crippen molar-refractivity contribution < 1.29 is 14.6 Å². The third-order valence-corrected chi connectivity index (χ3v) is 3.45. The Hall–Kier alpha value is -1.03. The summed E-state index contributed by atoms with van der Waals surface area (Å²) in [5, 5.41) is 8.98. The Morgan fingerprint density at radius 1 is 1.50 bits per heavy atom. The molecule has 1 aromatic carbocycles. The lowest BCUT2D eigenvalue weighted by molar-refractivity contribution is -0.143. The predicted octanol–water partition coefficient (Wildman–Crippen LogP) is 3.08.